The molecule has 2 aliphatic rings. The number of ether oxygens (including phenoxy) is 3. The molecule has 8 rings (SSSR count). The number of anilines is 4. The Balaban J connectivity index is 0.000000151. The zero-order valence-corrected chi connectivity index (χ0v) is 25.4. The van der Waals surface area contributed by atoms with Crippen LogP contribution in [0.2, 0.25) is 0 Å². The number of hydrogen-bond acceptors (Lipinski definition) is 18. The standard InChI is InChI=1S/C16H17N7O2.C13H13N7O2/c1-24-12-3-2-10(8-18-12)11-9-19-14-13(20-11)15(22-16(17)21-14)23-4-6-25-7-5-23;14-13-18-11-10(12(19-13)20-1-3-21-4-2-20)17-9(6-15-11)8-5-16-22-7-8/h2-3,8-9H,4-7H2,1H3,(H2,17,19,21,22);5-7H,1-4H2,(H2,14,15,18,19). The molecule has 0 aromatic carbocycles. The van der Waals surface area contributed by atoms with Crippen LogP contribution >= 0.6 is 0 Å². The van der Waals surface area contributed by atoms with E-state index in [2.05, 4.69) is 54.8 Å². The summed E-state index contributed by atoms with van der Waals surface area (Å²) in [5.74, 6) is 2.27. The number of nitrogen functional groups attached to an aromatic ring is 2. The summed E-state index contributed by atoms with van der Waals surface area (Å²) in [5.41, 5.74) is 16.7. The third kappa shape index (κ3) is 6.44. The van der Waals surface area contributed by atoms with Crippen molar-refractivity contribution < 1.29 is 18.7 Å². The minimum absolute atomic E-state index is 0.181. The lowest BCUT2D eigenvalue weighted by Gasteiger charge is -2.28. The van der Waals surface area contributed by atoms with E-state index in [1.54, 1.807) is 38.0 Å². The number of rotatable bonds is 5. The number of morpholine rings is 2. The lowest BCUT2D eigenvalue weighted by atomic mass is 10.2. The Labute approximate surface area is 267 Å². The van der Waals surface area contributed by atoms with Crippen LogP contribution in [0.4, 0.5) is 23.5 Å². The van der Waals surface area contributed by atoms with Crippen molar-refractivity contribution in [3.63, 3.8) is 0 Å². The van der Waals surface area contributed by atoms with Crippen molar-refractivity contribution in [2.75, 3.05) is 81.0 Å². The second kappa shape index (κ2) is 13.2. The zero-order valence-electron chi connectivity index (χ0n) is 25.4. The van der Waals surface area contributed by atoms with Gasteiger partial charge < -0.3 is 40.0 Å². The first-order valence-corrected chi connectivity index (χ1v) is 14.7. The van der Waals surface area contributed by atoms with Crippen LogP contribution < -0.4 is 26.0 Å². The molecule has 0 spiro atoms. The fraction of sp³-hybridized carbons (Fsp3) is 0.310. The van der Waals surface area contributed by atoms with Crippen LogP contribution in [-0.4, -0.2) is 110 Å². The summed E-state index contributed by atoms with van der Waals surface area (Å²) in [6.07, 6.45) is 8.07. The Morgan fingerprint density at radius 2 is 1.19 bits per heavy atom. The molecule has 8 heterocycles. The van der Waals surface area contributed by atoms with Gasteiger partial charge in [0.15, 0.2) is 34.0 Å². The van der Waals surface area contributed by atoms with Gasteiger partial charge in [0.05, 0.1) is 69.1 Å². The van der Waals surface area contributed by atoms with Crippen LogP contribution in [0, 0.1) is 0 Å². The molecule has 0 atom stereocenters. The van der Waals surface area contributed by atoms with E-state index in [1.807, 2.05) is 6.07 Å². The van der Waals surface area contributed by atoms with Crippen molar-refractivity contribution in [1.82, 2.24) is 50.0 Å². The Morgan fingerprint density at radius 3 is 1.66 bits per heavy atom. The lowest BCUT2D eigenvalue weighted by Crippen LogP contribution is -2.37. The first kappa shape index (κ1) is 29.8. The minimum atomic E-state index is 0.181. The average Bonchev–Trinajstić information content (AvgIpc) is 3.67. The number of aromatic nitrogens is 10. The summed E-state index contributed by atoms with van der Waals surface area (Å²) in [6.45, 7) is 5.47. The third-order valence-electron chi connectivity index (χ3n) is 7.40. The van der Waals surface area contributed by atoms with Crippen molar-refractivity contribution >= 4 is 45.9 Å². The Morgan fingerprint density at radius 1 is 0.638 bits per heavy atom. The molecule has 0 amide bonds. The summed E-state index contributed by atoms with van der Waals surface area (Å²) in [5, 5.41) is 3.68. The van der Waals surface area contributed by atoms with Crippen molar-refractivity contribution in [2.45, 2.75) is 0 Å². The van der Waals surface area contributed by atoms with Gasteiger partial charge in [0.2, 0.25) is 17.8 Å². The molecule has 6 aromatic heterocycles. The number of nitrogens with two attached hydrogens (primary N) is 2. The van der Waals surface area contributed by atoms with Crippen molar-refractivity contribution in [2.24, 2.45) is 0 Å². The molecule has 18 heteroatoms. The molecule has 18 nitrogen and oxygen atoms in total. The van der Waals surface area contributed by atoms with Crippen molar-refractivity contribution in [3.8, 4) is 28.4 Å². The fourth-order valence-electron chi connectivity index (χ4n) is 5.07. The SMILES string of the molecule is COc1ccc(-c2cnc3nc(N)nc(N4CCOCC4)c3n2)cn1.Nc1nc(N2CCOCC2)c2nc(-c3cnoc3)cnc2n1. The smallest absolute Gasteiger partial charge is 0.224 e. The number of fused-ring (bicyclic) bond motifs is 2. The Bertz CT molecular complexity index is 1980. The number of nitrogens with zero attached hydrogens (tertiary/aromatic N) is 12. The lowest BCUT2D eigenvalue weighted by molar-refractivity contribution is 0.122. The first-order valence-electron chi connectivity index (χ1n) is 14.7. The molecule has 6 aromatic rings. The monoisotopic (exact) mass is 638 g/mol. The van der Waals surface area contributed by atoms with Crippen LogP contribution in [0.1, 0.15) is 0 Å². The maximum absolute atomic E-state index is 5.84. The molecule has 0 saturated carbocycles. The van der Waals surface area contributed by atoms with Gasteiger partial charge in [-0.15, -0.1) is 0 Å². The van der Waals surface area contributed by atoms with Crippen LogP contribution in [0.15, 0.2) is 47.7 Å². The van der Waals surface area contributed by atoms with Gasteiger partial charge in [-0.05, 0) is 6.07 Å². The highest BCUT2D eigenvalue weighted by Crippen LogP contribution is 2.27. The van der Waals surface area contributed by atoms with E-state index in [0.717, 1.165) is 37.3 Å². The van der Waals surface area contributed by atoms with Gasteiger partial charge in [-0.2, -0.15) is 19.9 Å². The van der Waals surface area contributed by atoms with Gasteiger partial charge in [0.25, 0.3) is 0 Å². The van der Waals surface area contributed by atoms with E-state index in [0.29, 0.717) is 77.7 Å². The Hall–Kier alpha value is -5.88. The van der Waals surface area contributed by atoms with Crippen LogP contribution in [0.25, 0.3) is 44.8 Å². The molecule has 0 radical (unpaired) electrons. The topological polar surface area (TPSA) is 228 Å². The predicted octanol–water partition coefficient (Wildman–Crippen LogP) is 1.40. The third-order valence-corrected chi connectivity index (χ3v) is 7.40. The number of pyridine rings is 1. The van der Waals surface area contributed by atoms with E-state index in [4.69, 9.17) is 35.2 Å². The predicted molar refractivity (Wildman–Crippen MR) is 170 cm³/mol. The van der Waals surface area contributed by atoms with Crippen molar-refractivity contribution in [1.29, 1.82) is 0 Å². The molecular weight excluding hydrogens is 608 g/mol. The van der Waals surface area contributed by atoms with Gasteiger partial charge in [0.1, 0.15) is 6.26 Å². The number of methoxy groups -OCH3 is 1. The molecule has 2 aliphatic heterocycles. The summed E-state index contributed by atoms with van der Waals surface area (Å²) in [4.78, 5) is 43.5. The van der Waals surface area contributed by atoms with E-state index in [-0.39, 0.29) is 11.9 Å². The summed E-state index contributed by atoms with van der Waals surface area (Å²) < 4.78 is 20.7. The maximum atomic E-state index is 5.84. The summed E-state index contributed by atoms with van der Waals surface area (Å²) in [7, 11) is 1.58. The average molecular weight is 639 g/mol. The molecule has 240 valence electrons. The quantitative estimate of drug-likeness (QED) is 0.272. The van der Waals surface area contributed by atoms with Gasteiger partial charge in [-0.3, -0.25) is 0 Å². The highest BCUT2D eigenvalue weighted by atomic mass is 16.5. The molecule has 4 N–H and O–H groups in total. The highest BCUT2D eigenvalue weighted by Gasteiger charge is 2.21. The van der Waals surface area contributed by atoms with Gasteiger partial charge in [-0.25, -0.2) is 24.9 Å². The van der Waals surface area contributed by atoms with Crippen LogP contribution in [0.5, 0.6) is 5.88 Å². The van der Waals surface area contributed by atoms with Gasteiger partial charge in [-0.1, -0.05) is 5.16 Å². The Kier molecular flexibility index (Phi) is 8.39. The summed E-state index contributed by atoms with van der Waals surface area (Å²) in [6, 6.07) is 3.66. The second-order valence-corrected chi connectivity index (χ2v) is 10.4. The minimum Gasteiger partial charge on any atom is -0.481 e. The van der Waals surface area contributed by atoms with E-state index in [1.165, 1.54) is 6.26 Å². The largest absolute Gasteiger partial charge is 0.481 e. The molecule has 0 aliphatic carbocycles. The zero-order chi connectivity index (χ0) is 32.2. The van der Waals surface area contributed by atoms with Gasteiger partial charge >= 0.3 is 0 Å². The summed E-state index contributed by atoms with van der Waals surface area (Å²) >= 11 is 0. The normalized spacial score (nSPS) is 15.0. The van der Waals surface area contributed by atoms with Crippen LogP contribution in [-0.2, 0) is 9.47 Å². The second-order valence-electron chi connectivity index (χ2n) is 10.4. The number of hydrogen-bond donors (Lipinski definition) is 2. The van der Waals surface area contributed by atoms with E-state index >= 15 is 0 Å². The highest BCUT2D eigenvalue weighted by molar-refractivity contribution is 5.86. The first-order chi connectivity index (χ1) is 23.1. The van der Waals surface area contributed by atoms with Crippen molar-refractivity contribution in [3.05, 3.63) is 43.2 Å². The van der Waals surface area contributed by atoms with E-state index < -0.39 is 0 Å². The maximum Gasteiger partial charge on any atom is 0.224 e. The van der Waals surface area contributed by atoms with Gasteiger partial charge in [0, 0.05) is 44.0 Å². The molecule has 47 heavy (non-hydrogen) atoms. The molecule has 2 saturated heterocycles. The van der Waals surface area contributed by atoms with Crippen LogP contribution in [0.3, 0.4) is 0 Å². The van der Waals surface area contributed by atoms with E-state index in [9.17, 15) is 0 Å². The fourth-order valence-corrected chi connectivity index (χ4v) is 5.07. The molecule has 0 bridgehead atoms. The molecule has 2 fully saturated rings. The molecular formula is C29H30N14O4. The molecule has 0 unspecified atom stereocenters.